The molecule has 4 nitrogen and oxygen atoms in total. The molecule has 1 atom stereocenters. The fourth-order valence-corrected chi connectivity index (χ4v) is 1.19. The molecule has 0 aromatic heterocycles. The zero-order valence-corrected chi connectivity index (χ0v) is 8.32. The van der Waals surface area contributed by atoms with E-state index in [0.717, 1.165) is 6.07 Å². The van der Waals surface area contributed by atoms with Crippen molar-refractivity contribution in [2.75, 3.05) is 7.11 Å². The van der Waals surface area contributed by atoms with Crippen LogP contribution >= 0.6 is 0 Å². The van der Waals surface area contributed by atoms with E-state index in [4.69, 9.17) is 9.84 Å². The van der Waals surface area contributed by atoms with Crippen LogP contribution < -0.4 is 4.74 Å². The lowest BCUT2D eigenvalue weighted by Crippen LogP contribution is -2.12. The smallest absolute Gasteiger partial charge is 0.337 e. The number of hydrogen-bond acceptors (Lipinski definition) is 3. The molecule has 0 saturated carbocycles. The molecule has 2 N–H and O–H groups in total. The van der Waals surface area contributed by atoms with E-state index in [0.29, 0.717) is 5.56 Å². The van der Waals surface area contributed by atoms with Gasteiger partial charge in [-0.25, -0.2) is 9.18 Å². The standard InChI is InChI=1S/C10H11FO4/c1-5-3-8(15-2)6(4-7(5)11)9(12)10(13)14/h3-4,9,12H,1-2H3,(H,13,14). The SMILES string of the molecule is COc1cc(C)c(F)cc1C(O)C(=O)O. The monoisotopic (exact) mass is 214 g/mol. The molecule has 82 valence electrons. The Balaban J connectivity index is 3.27. The number of benzene rings is 1. The summed E-state index contributed by atoms with van der Waals surface area (Å²) in [6.07, 6.45) is -1.78. The Hall–Kier alpha value is -1.62. The molecule has 0 aliphatic heterocycles. The van der Waals surface area contributed by atoms with Gasteiger partial charge in [-0.2, -0.15) is 0 Å². The molecule has 0 heterocycles. The van der Waals surface area contributed by atoms with Gasteiger partial charge in [-0.3, -0.25) is 0 Å². The maximum Gasteiger partial charge on any atom is 0.337 e. The molecule has 1 aromatic rings. The first kappa shape index (κ1) is 11.5. The molecule has 0 saturated heterocycles. The van der Waals surface area contributed by atoms with E-state index in [-0.39, 0.29) is 11.3 Å². The number of ether oxygens (including phenoxy) is 1. The first-order valence-electron chi connectivity index (χ1n) is 4.22. The number of aliphatic hydroxyl groups is 1. The zero-order chi connectivity index (χ0) is 11.6. The molecule has 1 unspecified atom stereocenters. The topological polar surface area (TPSA) is 66.8 Å². The fourth-order valence-electron chi connectivity index (χ4n) is 1.19. The van der Waals surface area contributed by atoms with Crippen LogP contribution in [0.1, 0.15) is 17.2 Å². The van der Waals surface area contributed by atoms with Crippen molar-refractivity contribution in [3.63, 3.8) is 0 Å². The average molecular weight is 214 g/mol. The summed E-state index contributed by atoms with van der Waals surface area (Å²) in [7, 11) is 1.32. The van der Waals surface area contributed by atoms with E-state index < -0.39 is 17.9 Å². The molecule has 15 heavy (non-hydrogen) atoms. The molecule has 0 spiro atoms. The summed E-state index contributed by atoms with van der Waals surface area (Å²) in [5, 5.41) is 17.9. The first-order valence-corrected chi connectivity index (χ1v) is 4.22. The number of halogens is 1. The van der Waals surface area contributed by atoms with Crippen molar-refractivity contribution in [2.24, 2.45) is 0 Å². The number of carboxylic acids is 1. The minimum Gasteiger partial charge on any atom is -0.496 e. The Bertz CT molecular complexity index is 389. The van der Waals surface area contributed by atoms with E-state index in [1.807, 2.05) is 0 Å². The van der Waals surface area contributed by atoms with Crippen LogP contribution in [0.3, 0.4) is 0 Å². The van der Waals surface area contributed by atoms with Crippen molar-refractivity contribution in [1.29, 1.82) is 0 Å². The quantitative estimate of drug-likeness (QED) is 0.794. The molecular weight excluding hydrogens is 203 g/mol. The van der Waals surface area contributed by atoms with E-state index in [1.165, 1.54) is 20.1 Å². The van der Waals surface area contributed by atoms with Crippen molar-refractivity contribution in [3.05, 3.63) is 29.1 Å². The molecular formula is C10H11FO4. The fraction of sp³-hybridized carbons (Fsp3) is 0.300. The number of aryl methyl sites for hydroxylation is 1. The molecule has 1 aromatic carbocycles. The summed E-state index contributed by atoms with van der Waals surface area (Å²) in [5.41, 5.74) is 0.237. The van der Waals surface area contributed by atoms with Gasteiger partial charge in [0.1, 0.15) is 11.6 Å². The largest absolute Gasteiger partial charge is 0.496 e. The summed E-state index contributed by atoms with van der Waals surface area (Å²) in [5.74, 6) is -1.87. The van der Waals surface area contributed by atoms with Crippen LogP contribution in [0.5, 0.6) is 5.75 Å². The maximum atomic E-state index is 13.2. The average Bonchev–Trinajstić information content (AvgIpc) is 2.20. The highest BCUT2D eigenvalue weighted by Gasteiger charge is 2.21. The lowest BCUT2D eigenvalue weighted by molar-refractivity contribution is -0.147. The molecule has 0 bridgehead atoms. The number of carbonyl (C=O) groups is 1. The number of methoxy groups -OCH3 is 1. The van der Waals surface area contributed by atoms with Crippen molar-refractivity contribution in [2.45, 2.75) is 13.0 Å². The van der Waals surface area contributed by atoms with Crippen LogP contribution in [-0.4, -0.2) is 23.3 Å². The van der Waals surface area contributed by atoms with Gasteiger partial charge in [0.25, 0.3) is 0 Å². The van der Waals surface area contributed by atoms with E-state index in [9.17, 15) is 14.3 Å². The number of carboxylic acid groups (broad SMARTS) is 1. The third-order valence-electron chi connectivity index (χ3n) is 2.04. The van der Waals surface area contributed by atoms with Gasteiger partial charge in [-0.15, -0.1) is 0 Å². The molecule has 0 aliphatic rings. The summed E-state index contributed by atoms with van der Waals surface area (Å²) >= 11 is 0. The second-order valence-electron chi connectivity index (χ2n) is 3.08. The van der Waals surface area contributed by atoms with Gasteiger partial charge < -0.3 is 14.9 Å². The lowest BCUT2D eigenvalue weighted by Gasteiger charge is -2.12. The van der Waals surface area contributed by atoms with E-state index in [2.05, 4.69) is 0 Å². The third kappa shape index (κ3) is 2.24. The van der Waals surface area contributed by atoms with Gasteiger partial charge in [0.2, 0.25) is 0 Å². The second kappa shape index (κ2) is 4.27. The normalized spacial score (nSPS) is 12.3. The van der Waals surface area contributed by atoms with Crippen LogP contribution in [0.25, 0.3) is 0 Å². The van der Waals surface area contributed by atoms with Crippen LogP contribution in [0.2, 0.25) is 0 Å². The predicted octanol–water partition coefficient (Wildman–Crippen LogP) is 1.26. The first-order chi connectivity index (χ1) is 6.97. The highest BCUT2D eigenvalue weighted by Crippen LogP contribution is 2.28. The summed E-state index contributed by atoms with van der Waals surface area (Å²) < 4.78 is 18.0. The van der Waals surface area contributed by atoms with E-state index >= 15 is 0 Å². The molecule has 0 radical (unpaired) electrons. The second-order valence-corrected chi connectivity index (χ2v) is 3.08. The highest BCUT2D eigenvalue weighted by molar-refractivity contribution is 5.75. The van der Waals surface area contributed by atoms with E-state index in [1.54, 1.807) is 0 Å². The molecule has 1 rings (SSSR count). The number of aliphatic hydroxyl groups excluding tert-OH is 1. The van der Waals surface area contributed by atoms with Crippen molar-refractivity contribution in [1.82, 2.24) is 0 Å². The minimum atomic E-state index is -1.78. The maximum absolute atomic E-state index is 13.2. The van der Waals surface area contributed by atoms with Crippen LogP contribution in [-0.2, 0) is 4.79 Å². The lowest BCUT2D eigenvalue weighted by atomic mass is 10.1. The van der Waals surface area contributed by atoms with Gasteiger partial charge in [0.05, 0.1) is 7.11 Å². The Morgan fingerprint density at radius 3 is 2.60 bits per heavy atom. The summed E-state index contributed by atoms with van der Waals surface area (Å²) in [6, 6.07) is 2.31. The van der Waals surface area contributed by atoms with Crippen LogP contribution in [0, 0.1) is 12.7 Å². The van der Waals surface area contributed by atoms with Gasteiger partial charge in [0, 0.05) is 5.56 Å². The van der Waals surface area contributed by atoms with Gasteiger partial charge in [0.15, 0.2) is 6.10 Å². The molecule has 0 aliphatic carbocycles. The van der Waals surface area contributed by atoms with Gasteiger partial charge in [-0.05, 0) is 24.6 Å². The minimum absolute atomic E-state index is 0.0897. The molecule has 5 heteroatoms. The number of aliphatic carboxylic acids is 1. The Labute approximate surface area is 85.9 Å². The van der Waals surface area contributed by atoms with Crippen LogP contribution in [0.15, 0.2) is 12.1 Å². The Kier molecular flexibility index (Phi) is 3.26. The number of rotatable bonds is 3. The predicted molar refractivity (Wildman–Crippen MR) is 50.3 cm³/mol. The van der Waals surface area contributed by atoms with Gasteiger partial charge >= 0.3 is 5.97 Å². The zero-order valence-electron chi connectivity index (χ0n) is 8.32. The third-order valence-corrected chi connectivity index (χ3v) is 2.04. The van der Waals surface area contributed by atoms with Crippen molar-refractivity contribution < 1.29 is 24.1 Å². The van der Waals surface area contributed by atoms with Crippen molar-refractivity contribution >= 4 is 5.97 Å². The number of hydrogen-bond donors (Lipinski definition) is 2. The van der Waals surface area contributed by atoms with Gasteiger partial charge in [-0.1, -0.05) is 0 Å². The summed E-state index contributed by atoms with van der Waals surface area (Å²) in [6.45, 7) is 1.52. The van der Waals surface area contributed by atoms with Crippen LogP contribution in [0.4, 0.5) is 4.39 Å². The summed E-state index contributed by atoms with van der Waals surface area (Å²) in [4.78, 5) is 10.5. The molecule has 0 amide bonds. The molecule has 0 fully saturated rings. The Morgan fingerprint density at radius 1 is 1.53 bits per heavy atom. The van der Waals surface area contributed by atoms with Crippen molar-refractivity contribution in [3.8, 4) is 5.75 Å². The Morgan fingerprint density at radius 2 is 2.13 bits per heavy atom. The highest BCUT2D eigenvalue weighted by atomic mass is 19.1.